The number of carboxylic acid groups (broad SMARTS) is 1. The Morgan fingerprint density at radius 3 is 2.68 bits per heavy atom. The number of carbonyl (C=O) groups is 1. The van der Waals surface area contributed by atoms with Gasteiger partial charge in [0.2, 0.25) is 5.95 Å². The molecule has 0 amide bonds. The number of carboxylic acids is 1. The number of anilines is 3. The first-order valence-electron chi connectivity index (χ1n) is 13.0. The van der Waals surface area contributed by atoms with Gasteiger partial charge in [0.05, 0.1) is 17.8 Å². The fraction of sp³-hybridized carbons (Fsp3) is 0.429. The molecule has 0 atom stereocenters. The molecule has 0 bridgehead atoms. The van der Waals surface area contributed by atoms with Crippen molar-refractivity contribution in [2.24, 2.45) is 0 Å². The Balaban J connectivity index is 1.38. The van der Waals surface area contributed by atoms with Gasteiger partial charge in [-0.05, 0) is 68.8 Å². The second-order valence-corrected chi connectivity index (χ2v) is 9.95. The average molecular weight is 520 g/mol. The summed E-state index contributed by atoms with van der Waals surface area (Å²) in [4.78, 5) is 28.6. The molecule has 1 saturated heterocycles. The Morgan fingerprint density at radius 1 is 1.16 bits per heavy atom. The molecular weight excluding hydrogens is 482 g/mol. The fourth-order valence-corrected chi connectivity index (χ4v) is 4.71. The van der Waals surface area contributed by atoms with E-state index in [1.54, 1.807) is 6.20 Å². The predicted octanol–water partition coefficient (Wildman–Crippen LogP) is 2.78. The van der Waals surface area contributed by atoms with Crippen molar-refractivity contribution in [2.45, 2.75) is 31.3 Å². The van der Waals surface area contributed by atoms with Crippen molar-refractivity contribution in [1.29, 1.82) is 0 Å². The van der Waals surface area contributed by atoms with E-state index in [0.29, 0.717) is 38.3 Å². The van der Waals surface area contributed by atoms with Crippen LogP contribution in [0, 0.1) is 0 Å². The molecule has 1 aliphatic rings. The molecule has 10 nitrogen and oxygen atoms in total. The van der Waals surface area contributed by atoms with Gasteiger partial charge in [-0.1, -0.05) is 12.1 Å². The maximum atomic E-state index is 11.1. The van der Waals surface area contributed by atoms with E-state index in [9.17, 15) is 9.90 Å². The highest BCUT2D eigenvalue weighted by atomic mass is 16.4. The van der Waals surface area contributed by atoms with Crippen LogP contribution >= 0.6 is 0 Å². The lowest BCUT2D eigenvalue weighted by Gasteiger charge is -2.37. The summed E-state index contributed by atoms with van der Waals surface area (Å²) in [6.45, 7) is 3.06. The van der Waals surface area contributed by atoms with E-state index in [2.05, 4.69) is 30.5 Å². The van der Waals surface area contributed by atoms with Crippen molar-refractivity contribution in [1.82, 2.24) is 25.2 Å². The molecule has 202 valence electrons. The van der Waals surface area contributed by atoms with E-state index < -0.39 is 11.6 Å². The summed E-state index contributed by atoms with van der Waals surface area (Å²) < 4.78 is 0. The number of aromatic nitrogens is 3. The number of pyridine rings is 1. The predicted molar refractivity (Wildman–Crippen MR) is 149 cm³/mol. The number of nitrogens with zero attached hydrogens (tertiary/aromatic N) is 5. The van der Waals surface area contributed by atoms with Crippen molar-refractivity contribution < 1.29 is 15.0 Å². The quantitative estimate of drug-likeness (QED) is 0.265. The zero-order chi connectivity index (χ0) is 27.0. The van der Waals surface area contributed by atoms with Crippen LogP contribution in [0.1, 0.15) is 24.8 Å². The minimum atomic E-state index is -0.843. The zero-order valence-electron chi connectivity index (χ0n) is 22.1. The molecule has 3 heterocycles. The molecule has 0 spiro atoms. The Labute approximate surface area is 223 Å². The lowest BCUT2D eigenvalue weighted by molar-refractivity contribution is -0.139. The summed E-state index contributed by atoms with van der Waals surface area (Å²) in [5, 5.41) is 26.5. The van der Waals surface area contributed by atoms with Crippen LogP contribution in [0.25, 0.3) is 11.3 Å². The van der Waals surface area contributed by atoms with E-state index in [-0.39, 0.29) is 6.54 Å². The van der Waals surface area contributed by atoms with Gasteiger partial charge < -0.3 is 25.7 Å². The molecule has 2 aromatic heterocycles. The number of benzene rings is 1. The summed E-state index contributed by atoms with van der Waals surface area (Å²) >= 11 is 0. The normalized spacial score (nSPS) is 15.2. The molecule has 4 rings (SSSR count). The number of hydrogen-bond acceptors (Lipinski definition) is 9. The third-order valence-corrected chi connectivity index (χ3v) is 6.87. The van der Waals surface area contributed by atoms with Crippen LogP contribution in [-0.4, -0.2) is 88.5 Å². The number of aliphatic hydroxyl groups is 1. The second kappa shape index (κ2) is 12.8. The molecule has 3 aromatic rings. The van der Waals surface area contributed by atoms with Gasteiger partial charge in [-0.2, -0.15) is 0 Å². The molecular formula is C28H37N7O3. The second-order valence-electron chi connectivity index (χ2n) is 9.95. The molecule has 0 unspecified atom stereocenters. The summed E-state index contributed by atoms with van der Waals surface area (Å²) in [6, 6.07) is 13.8. The van der Waals surface area contributed by atoms with Crippen molar-refractivity contribution in [2.75, 3.05) is 57.0 Å². The Hall–Kier alpha value is -3.60. The number of hydrogen-bond donors (Lipinski definition) is 4. The van der Waals surface area contributed by atoms with Crippen LogP contribution in [0.5, 0.6) is 0 Å². The monoisotopic (exact) mass is 519 g/mol. The largest absolute Gasteiger partial charge is 0.480 e. The van der Waals surface area contributed by atoms with Crippen molar-refractivity contribution in [3.63, 3.8) is 0 Å². The van der Waals surface area contributed by atoms with Gasteiger partial charge in [0, 0.05) is 56.7 Å². The number of piperidine rings is 1. The Morgan fingerprint density at radius 2 is 1.97 bits per heavy atom. The molecule has 10 heteroatoms. The van der Waals surface area contributed by atoms with Gasteiger partial charge in [-0.3, -0.25) is 9.69 Å². The average Bonchev–Trinajstić information content (AvgIpc) is 2.90. The maximum absolute atomic E-state index is 11.1. The third-order valence-electron chi connectivity index (χ3n) is 6.87. The highest BCUT2D eigenvalue weighted by Gasteiger charge is 2.33. The number of rotatable bonds is 12. The Kier molecular flexibility index (Phi) is 9.22. The number of aliphatic carboxylic acids is 1. The smallest absolute Gasteiger partial charge is 0.317 e. The fourth-order valence-electron chi connectivity index (χ4n) is 4.71. The van der Waals surface area contributed by atoms with Gasteiger partial charge in [-0.25, -0.2) is 15.0 Å². The summed E-state index contributed by atoms with van der Waals surface area (Å²) in [7, 11) is 4.00. The molecule has 1 fully saturated rings. The number of nitrogens with one attached hydrogen (secondary N) is 2. The molecule has 1 aromatic carbocycles. The van der Waals surface area contributed by atoms with Gasteiger partial charge in [-0.15, -0.1) is 0 Å². The zero-order valence-corrected chi connectivity index (χ0v) is 22.1. The van der Waals surface area contributed by atoms with E-state index >= 15 is 0 Å². The first-order chi connectivity index (χ1) is 18.3. The van der Waals surface area contributed by atoms with Crippen LogP contribution in [0.2, 0.25) is 0 Å². The molecule has 4 N–H and O–H groups in total. The van der Waals surface area contributed by atoms with Crippen LogP contribution in [-0.2, 0) is 11.2 Å². The first-order valence-corrected chi connectivity index (χ1v) is 13.0. The lowest BCUT2D eigenvalue weighted by Crippen LogP contribution is -2.47. The first kappa shape index (κ1) is 27.4. The Bertz CT molecular complexity index is 1200. The number of likely N-dealkylation sites (tertiary alicyclic amines) is 1. The van der Waals surface area contributed by atoms with Crippen LogP contribution in [0.4, 0.5) is 17.5 Å². The van der Waals surface area contributed by atoms with Crippen LogP contribution in [0.15, 0.2) is 54.9 Å². The van der Waals surface area contributed by atoms with E-state index in [1.165, 1.54) is 0 Å². The highest BCUT2D eigenvalue weighted by molar-refractivity contribution is 5.69. The topological polar surface area (TPSA) is 127 Å². The van der Waals surface area contributed by atoms with Gasteiger partial charge in [0.25, 0.3) is 0 Å². The summed E-state index contributed by atoms with van der Waals surface area (Å²) in [5.41, 5.74) is 2.68. The lowest BCUT2D eigenvalue weighted by atomic mass is 9.85. The van der Waals surface area contributed by atoms with Crippen LogP contribution in [0.3, 0.4) is 0 Å². The summed E-state index contributed by atoms with van der Waals surface area (Å²) in [5.74, 6) is 0.564. The molecule has 0 aliphatic carbocycles. The van der Waals surface area contributed by atoms with E-state index in [1.807, 2.05) is 67.7 Å². The van der Waals surface area contributed by atoms with Gasteiger partial charge >= 0.3 is 5.97 Å². The van der Waals surface area contributed by atoms with E-state index in [0.717, 1.165) is 47.8 Å². The molecule has 38 heavy (non-hydrogen) atoms. The van der Waals surface area contributed by atoms with Gasteiger partial charge in [0.15, 0.2) is 0 Å². The van der Waals surface area contributed by atoms with Crippen molar-refractivity contribution in [3.05, 3.63) is 60.4 Å². The SMILES string of the molecule is CNCCCN(C)c1ccc(-c2ccnc(Nc3cccc(CC4(O)CCN(CC(=O)O)CC4)c3)n2)cn1. The third kappa shape index (κ3) is 7.70. The van der Waals surface area contributed by atoms with Crippen molar-refractivity contribution >= 4 is 23.4 Å². The minimum Gasteiger partial charge on any atom is -0.480 e. The molecule has 1 aliphatic heterocycles. The highest BCUT2D eigenvalue weighted by Crippen LogP contribution is 2.28. The molecule has 0 saturated carbocycles. The standard InChI is InChI=1S/C28H37N7O3/c1-29-12-4-14-34(2)25-8-7-22(19-31-25)24-9-13-30-27(33-24)32-23-6-3-5-21(17-23)18-28(38)10-15-35(16-11-28)20-26(36)37/h3,5-9,13,17,19,29,38H,4,10-12,14-16,18,20H2,1-2H3,(H,36,37)(H,30,32,33). The summed E-state index contributed by atoms with van der Waals surface area (Å²) in [6.07, 6.45) is 6.19. The van der Waals surface area contributed by atoms with Gasteiger partial charge in [0.1, 0.15) is 5.82 Å². The van der Waals surface area contributed by atoms with Crippen molar-refractivity contribution in [3.8, 4) is 11.3 Å². The van der Waals surface area contributed by atoms with Crippen LogP contribution < -0.4 is 15.5 Å². The van der Waals surface area contributed by atoms with E-state index in [4.69, 9.17) is 5.11 Å². The minimum absolute atomic E-state index is 0.0166. The molecule has 0 radical (unpaired) electrons. The maximum Gasteiger partial charge on any atom is 0.317 e.